The number of benzene rings is 3. The number of nitrogens with one attached hydrogen (secondary N) is 1. The van der Waals surface area contributed by atoms with Gasteiger partial charge in [-0.2, -0.15) is 0 Å². The van der Waals surface area contributed by atoms with E-state index in [-0.39, 0.29) is 18.1 Å². The number of rotatable bonds is 17. The van der Waals surface area contributed by atoms with Gasteiger partial charge in [0.2, 0.25) is 5.91 Å². The number of nitrogens with zero attached hydrogens (tertiary/aromatic N) is 2. The van der Waals surface area contributed by atoms with Gasteiger partial charge in [0.1, 0.15) is 6.10 Å². The largest absolute Gasteiger partial charge is 0.446 e. The van der Waals surface area contributed by atoms with Gasteiger partial charge in [0.25, 0.3) is 0 Å². The molecule has 2 aliphatic carbocycles. The Balaban J connectivity index is 0.873. The maximum Gasteiger partial charge on any atom is 0.411 e. The zero-order chi connectivity index (χ0) is 34.0. The highest BCUT2D eigenvalue weighted by Crippen LogP contribution is 2.40. The molecule has 0 aromatic heterocycles. The van der Waals surface area contributed by atoms with Crippen LogP contribution < -0.4 is 5.32 Å². The molecule has 1 aliphatic heterocycles. The quantitative estimate of drug-likeness (QED) is 0.131. The van der Waals surface area contributed by atoms with E-state index in [0.29, 0.717) is 44.1 Å². The summed E-state index contributed by atoms with van der Waals surface area (Å²) in [5, 5.41) is 2.99. The molecule has 1 saturated heterocycles. The van der Waals surface area contributed by atoms with Crippen LogP contribution in [0.15, 0.2) is 78.9 Å². The summed E-state index contributed by atoms with van der Waals surface area (Å²) in [7, 11) is 3.20. The fraction of sp³-hybridized carbons (Fsp3) is 0.500. The van der Waals surface area contributed by atoms with E-state index in [4.69, 9.17) is 18.9 Å². The van der Waals surface area contributed by atoms with Crippen LogP contribution in [-0.2, 0) is 36.6 Å². The predicted molar refractivity (Wildman–Crippen MR) is 190 cm³/mol. The molecule has 2 saturated carbocycles. The van der Waals surface area contributed by atoms with E-state index in [1.165, 1.54) is 11.1 Å². The van der Waals surface area contributed by atoms with Crippen LogP contribution in [0.1, 0.15) is 43.2 Å². The summed E-state index contributed by atoms with van der Waals surface area (Å²) in [5.41, 5.74) is 5.41. The minimum absolute atomic E-state index is 0.0335. The maximum absolute atomic E-state index is 12.9. The predicted octanol–water partition coefficient (Wildman–Crippen LogP) is 6.41. The lowest BCUT2D eigenvalue weighted by atomic mass is 10.0. The molecule has 3 fully saturated rings. The lowest BCUT2D eigenvalue weighted by Crippen LogP contribution is -2.40. The van der Waals surface area contributed by atoms with E-state index in [0.717, 1.165) is 75.0 Å². The first-order valence-corrected chi connectivity index (χ1v) is 17.8. The normalized spacial score (nSPS) is 20.3. The van der Waals surface area contributed by atoms with Gasteiger partial charge in [0.15, 0.2) is 6.29 Å². The Morgan fingerprint density at radius 3 is 2.27 bits per heavy atom. The van der Waals surface area contributed by atoms with Crippen molar-refractivity contribution in [1.82, 2.24) is 9.80 Å². The Bertz CT molecular complexity index is 1500. The Kier molecular flexibility index (Phi) is 12.4. The van der Waals surface area contributed by atoms with Crippen molar-refractivity contribution in [2.75, 3.05) is 58.9 Å². The second-order valence-electron chi connectivity index (χ2n) is 13.7. The zero-order valence-electron chi connectivity index (χ0n) is 28.9. The third-order valence-electron chi connectivity index (χ3n) is 10.2. The molecule has 0 spiro atoms. The molecular formula is C40H51N3O6. The van der Waals surface area contributed by atoms with Crippen LogP contribution in [0.2, 0.25) is 0 Å². The van der Waals surface area contributed by atoms with Gasteiger partial charge in [-0.05, 0) is 73.1 Å². The molecule has 0 radical (unpaired) electrons. The van der Waals surface area contributed by atoms with Gasteiger partial charge in [0.05, 0.1) is 31.9 Å². The van der Waals surface area contributed by atoms with Crippen LogP contribution >= 0.6 is 0 Å². The number of amides is 2. The molecule has 1 N–H and O–H groups in total. The smallest absolute Gasteiger partial charge is 0.411 e. The Hall–Kier alpha value is -3.76. The van der Waals surface area contributed by atoms with E-state index >= 15 is 0 Å². The number of ether oxygens (including phenoxy) is 4. The fourth-order valence-corrected chi connectivity index (χ4v) is 7.44. The number of para-hydroxylation sites is 1. The average Bonchev–Trinajstić information content (AvgIpc) is 3.79. The summed E-state index contributed by atoms with van der Waals surface area (Å²) in [6.07, 6.45) is 5.34. The number of hydrogen-bond acceptors (Lipinski definition) is 7. The summed E-state index contributed by atoms with van der Waals surface area (Å²) in [5.74, 6) is 1.24. The number of anilines is 1. The molecule has 3 aliphatic rings. The number of methoxy groups -OCH3 is 2. The van der Waals surface area contributed by atoms with Crippen molar-refractivity contribution in [3.63, 3.8) is 0 Å². The van der Waals surface area contributed by atoms with Crippen molar-refractivity contribution >= 4 is 17.7 Å². The van der Waals surface area contributed by atoms with Crippen molar-refractivity contribution < 1.29 is 28.5 Å². The lowest BCUT2D eigenvalue weighted by Gasteiger charge is -2.26. The Labute approximate surface area is 290 Å². The third kappa shape index (κ3) is 9.91. The van der Waals surface area contributed by atoms with E-state index in [1.54, 1.807) is 14.2 Å². The van der Waals surface area contributed by atoms with Crippen molar-refractivity contribution in [1.29, 1.82) is 0 Å². The van der Waals surface area contributed by atoms with E-state index in [2.05, 4.69) is 34.5 Å². The highest BCUT2D eigenvalue weighted by molar-refractivity contribution is 5.91. The molecular weight excluding hydrogens is 618 g/mol. The third-order valence-corrected chi connectivity index (χ3v) is 10.2. The summed E-state index contributed by atoms with van der Waals surface area (Å²) >= 11 is 0. The van der Waals surface area contributed by atoms with Crippen LogP contribution in [0.5, 0.6) is 0 Å². The van der Waals surface area contributed by atoms with E-state index in [1.807, 2.05) is 59.5 Å². The molecule has 2 amide bonds. The standard InChI is InChI=1S/C40H51N3O6/c1-46-39(47-2)28-43(34-15-16-34)38(44)19-22-48-21-18-30-10-8-9-29(23-30)17-20-42-26-32-24-35(25-33(32)27-42)49-40(45)41-37-14-7-6-13-36(37)31-11-4-3-5-12-31/h3-14,23,32-35,39H,15-22,24-28H2,1-2H3,(H,41,45)/t32-,33+,35+. The van der Waals surface area contributed by atoms with Crippen LogP contribution in [0.25, 0.3) is 11.1 Å². The van der Waals surface area contributed by atoms with Crippen LogP contribution in [-0.4, -0.2) is 93.8 Å². The first-order chi connectivity index (χ1) is 24.0. The van der Waals surface area contributed by atoms with Crippen LogP contribution in [0.4, 0.5) is 10.5 Å². The molecule has 0 bridgehead atoms. The van der Waals surface area contributed by atoms with Gasteiger partial charge in [0, 0.05) is 45.5 Å². The Morgan fingerprint density at radius 2 is 1.55 bits per heavy atom. The van der Waals surface area contributed by atoms with Crippen LogP contribution in [0, 0.1) is 11.8 Å². The molecule has 262 valence electrons. The van der Waals surface area contributed by atoms with E-state index < -0.39 is 6.29 Å². The highest BCUT2D eigenvalue weighted by atomic mass is 16.7. The monoisotopic (exact) mass is 669 g/mol. The lowest BCUT2D eigenvalue weighted by molar-refractivity contribution is -0.147. The van der Waals surface area contributed by atoms with Gasteiger partial charge >= 0.3 is 6.09 Å². The fourth-order valence-electron chi connectivity index (χ4n) is 7.44. The van der Waals surface area contributed by atoms with Gasteiger partial charge in [-0.3, -0.25) is 10.1 Å². The van der Waals surface area contributed by atoms with Gasteiger partial charge < -0.3 is 28.7 Å². The molecule has 49 heavy (non-hydrogen) atoms. The zero-order valence-corrected chi connectivity index (χ0v) is 28.9. The Morgan fingerprint density at radius 1 is 0.857 bits per heavy atom. The van der Waals surface area contributed by atoms with Crippen molar-refractivity contribution in [2.24, 2.45) is 11.8 Å². The SMILES string of the molecule is COC(CN(C(=O)CCOCCc1cccc(CCN2C[C@H]3C[C@H](OC(=O)Nc4ccccc4-c4ccccc4)C[C@H]3C2)c1)C1CC1)OC. The number of likely N-dealkylation sites (tertiary alicyclic amines) is 1. The molecule has 1 heterocycles. The molecule has 3 atom stereocenters. The first kappa shape index (κ1) is 35.1. The summed E-state index contributed by atoms with van der Waals surface area (Å²) in [4.78, 5) is 30.1. The maximum atomic E-state index is 12.9. The second-order valence-corrected chi connectivity index (χ2v) is 13.7. The number of carbonyl (C=O) groups excluding carboxylic acids is 2. The van der Waals surface area contributed by atoms with Gasteiger partial charge in [-0.15, -0.1) is 0 Å². The minimum Gasteiger partial charge on any atom is -0.446 e. The average molecular weight is 670 g/mol. The van der Waals surface area contributed by atoms with Crippen LogP contribution in [0.3, 0.4) is 0 Å². The molecule has 0 unspecified atom stereocenters. The summed E-state index contributed by atoms with van der Waals surface area (Å²) in [6, 6.07) is 27.0. The molecule has 6 rings (SSSR count). The summed E-state index contributed by atoms with van der Waals surface area (Å²) in [6.45, 7) is 4.62. The van der Waals surface area contributed by atoms with Crippen molar-refractivity contribution in [2.45, 2.75) is 63.4 Å². The number of carbonyl (C=O) groups is 2. The number of fused-ring (bicyclic) bond motifs is 1. The molecule has 3 aromatic rings. The van der Waals surface area contributed by atoms with Gasteiger partial charge in [-0.25, -0.2) is 4.79 Å². The topological polar surface area (TPSA) is 89.6 Å². The number of hydrogen-bond donors (Lipinski definition) is 1. The summed E-state index contributed by atoms with van der Waals surface area (Å²) < 4.78 is 22.4. The first-order valence-electron chi connectivity index (χ1n) is 17.8. The molecule has 9 nitrogen and oxygen atoms in total. The molecule has 3 aromatic carbocycles. The van der Waals surface area contributed by atoms with Crippen molar-refractivity contribution in [3.8, 4) is 11.1 Å². The second kappa shape index (κ2) is 17.3. The van der Waals surface area contributed by atoms with Gasteiger partial charge in [-0.1, -0.05) is 72.8 Å². The van der Waals surface area contributed by atoms with E-state index in [9.17, 15) is 9.59 Å². The molecule has 9 heteroatoms. The van der Waals surface area contributed by atoms with Crippen molar-refractivity contribution in [3.05, 3.63) is 90.0 Å². The highest BCUT2D eigenvalue weighted by Gasteiger charge is 2.42. The minimum atomic E-state index is -0.398.